The zero-order chi connectivity index (χ0) is 16.3. The van der Waals surface area contributed by atoms with Crippen LogP contribution in [-0.4, -0.2) is 40.3 Å². The van der Waals surface area contributed by atoms with Crippen LogP contribution in [0.4, 0.5) is 0 Å². The second kappa shape index (κ2) is 3.82. The number of piperidine rings is 2. The van der Waals surface area contributed by atoms with Crippen molar-refractivity contribution in [3.05, 3.63) is 23.9 Å². The largest absolute Gasteiger partial charge is 0.298 e. The zero-order valence-corrected chi connectivity index (χ0v) is 14.0. The van der Waals surface area contributed by atoms with Gasteiger partial charge in [0.15, 0.2) is 5.78 Å². The molecule has 3 unspecified atom stereocenters. The molecule has 3 heterocycles. The van der Waals surface area contributed by atoms with Gasteiger partial charge in [0, 0.05) is 18.7 Å². The highest BCUT2D eigenvalue weighted by molar-refractivity contribution is 6.26. The Kier molecular flexibility index (Phi) is 2.18. The summed E-state index contributed by atoms with van der Waals surface area (Å²) >= 11 is 0. The van der Waals surface area contributed by atoms with E-state index in [1.807, 2.05) is 18.4 Å². The molecule has 3 aliphatic carbocycles. The maximum atomic E-state index is 13.9. The molecule has 2 bridgehead atoms. The van der Waals surface area contributed by atoms with Crippen molar-refractivity contribution in [2.45, 2.75) is 57.0 Å². The molecule has 0 aromatic heterocycles. The van der Waals surface area contributed by atoms with E-state index in [0.29, 0.717) is 24.5 Å². The van der Waals surface area contributed by atoms with E-state index in [1.54, 1.807) is 0 Å². The summed E-state index contributed by atoms with van der Waals surface area (Å²) in [5.74, 6) is 1.11. The summed E-state index contributed by atoms with van der Waals surface area (Å²) in [5.41, 5.74) is 0.261. The number of carbonyl (C=O) groups excluding carboxylic acids is 2. The molecule has 6 aliphatic rings. The third-order valence-corrected chi connectivity index (χ3v) is 8.11. The minimum Gasteiger partial charge on any atom is -0.298 e. The molecule has 4 fully saturated rings. The highest BCUT2D eigenvalue weighted by atomic mass is 16.1. The number of aliphatic imine (C=N–C) groups is 1. The van der Waals surface area contributed by atoms with Crippen molar-refractivity contribution in [1.29, 1.82) is 0 Å². The molecule has 0 N–H and O–H groups in total. The van der Waals surface area contributed by atoms with Crippen LogP contribution in [0, 0.1) is 16.7 Å². The normalized spacial score (nSPS) is 51.2. The molecule has 124 valence electrons. The van der Waals surface area contributed by atoms with Gasteiger partial charge in [0.05, 0.1) is 22.1 Å². The number of ketones is 2. The maximum absolute atomic E-state index is 13.9. The first-order valence-corrected chi connectivity index (χ1v) is 9.36. The number of Topliss-reactive ketones (excluding diaryl/α,β-unsaturated/α-hetero) is 2. The highest BCUT2D eigenvalue weighted by Crippen LogP contribution is 2.74. The molecule has 0 aromatic rings. The lowest BCUT2D eigenvalue weighted by atomic mass is 9.46. The number of nitrogens with zero attached hydrogens (tertiary/aromatic N) is 2. The van der Waals surface area contributed by atoms with E-state index in [0.717, 1.165) is 30.7 Å². The van der Waals surface area contributed by atoms with Crippen LogP contribution in [0.25, 0.3) is 0 Å². The van der Waals surface area contributed by atoms with Gasteiger partial charge < -0.3 is 0 Å². The lowest BCUT2D eigenvalue weighted by molar-refractivity contribution is -0.141. The van der Waals surface area contributed by atoms with Crippen molar-refractivity contribution in [2.75, 3.05) is 6.54 Å². The number of hydrogen-bond acceptors (Lipinski definition) is 4. The molecule has 3 aliphatic heterocycles. The molecular weight excluding hydrogens is 300 g/mol. The third kappa shape index (κ3) is 1.06. The van der Waals surface area contributed by atoms with Crippen LogP contribution >= 0.6 is 0 Å². The zero-order valence-electron chi connectivity index (χ0n) is 14.0. The Labute approximate surface area is 141 Å². The predicted molar refractivity (Wildman–Crippen MR) is 89.6 cm³/mol. The monoisotopic (exact) mass is 322 g/mol. The second-order valence-electron chi connectivity index (χ2n) is 8.77. The molecule has 2 spiro atoms. The smallest absolute Gasteiger partial charge is 0.166 e. The average molecular weight is 322 g/mol. The lowest BCUT2D eigenvalue weighted by Gasteiger charge is -2.61. The van der Waals surface area contributed by atoms with Crippen LogP contribution in [0.15, 0.2) is 28.9 Å². The Morgan fingerprint density at radius 3 is 3.04 bits per heavy atom. The molecule has 5 atom stereocenters. The van der Waals surface area contributed by atoms with Gasteiger partial charge in [0.1, 0.15) is 5.78 Å². The van der Waals surface area contributed by atoms with Crippen molar-refractivity contribution in [3.8, 4) is 0 Å². The number of allylic oxidation sites excluding steroid dienone is 2. The lowest BCUT2D eigenvalue weighted by Crippen LogP contribution is -2.69. The maximum Gasteiger partial charge on any atom is 0.166 e. The summed E-state index contributed by atoms with van der Waals surface area (Å²) in [6, 6.07) is 0.221. The van der Waals surface area contributed by atoms with E-state index < -0.39 is 16.4 Å². The van der Waals surface area contributed by atoms with Gasteiger partial charge in [-0.05, 0) is 63.1 Å². The van der Waals surface area contributed by atoms with Crippen LogP contribution in [-0.2, 0) is 9.59 Å². The molecule has 2 saturated carbocycles. The molecular formula is C20H22N2O2. The molecule has 4 heteroatoms. The summed E-state index contributed by atoms with van der Waals surface area (Å²) in [6.45, 7) is 3.11. The highest BCUT2D eigenvalue weighted by Gasteiger charge is 2.85. The Bertz CT molecular complexity index is 808. The van der Waals surface area contributed by atoms with Gasteiger partial charge in [-0.15, -0.1) is 0 Å². The number of rotatable bonds is 0. The number of carbonyl (C=O) groups is 2. The van der Waals surface area contributed by atoms with Crippen molar-refractivity contribution in [2.24, 2.45) is 21.7 Å². The van der Waals surface area contributed by atoms with Crippen LogP contribution in [0.3, 0.4) is 0 Å². The number of hydrogen-bond donors (Lipinski definition) is 0. The Balaban J connectivity index is 1.73. The fourth-order valence-electron chi connectivity index (χ4n) is 7.45. The van der Waals surface area contributed by atoms with E-state index in [1.165, 1.54) is 12.8 Å². The fourth-order valence-corrected chi connectivity index (χ4v) is 7.45. The van der Waals surface area contributed by atoms with Gasteiger partial charge in [-0.3, -0.25) is 19.5 Å². The van der Waals surface area contributed by atoms with Gasteiger partial charge in [-0.1, -0.05) is 6.08 Å². The van der Waals surface area contributed by atoms with Gasteiger partial charge in [0.2, 0.25) is 0 Å². The van der Waals surface area contributed by atoms with E-state index in [-0.39, 0.29) is 11.8 Å². The first-order valence-electron chi connectivity index (χ1n) is 9.36. The minimum atomic E-state index is -0.672. The second-order valence-corrected chi connectivity index (χ2v) is 8.77. The van der Waals surface area contributed by atoms with E-state index in [2.05, 4.69) is 11.8 Å². The molecule has 0 amide bonds. The van der Waals surface area contributed by atoms with Crippen molar-refractivity contribution in [1.82, 2.24) is 4.90 Å². The summed E-state index contributed by atoms with van der Waals surface area (Å²) in [4.78, 5) is 34.4. The van der Waals surface area contributed by atoms with E-state index >= 15 is 0 Å². The standard InChI is InChI=1S/C20H22N2O2/c1-18-11-19-14(5-2-6-15(19)23)21-10-13-8-7-12-4-3-9-22(18)16(12)20(13,19)17(18)24/h2,5,10,12,16H,3-4,6-9,11H2,1H3/t12?,16?,18-,19-,20?/m1/s1. The molecule has 6 rings (SSSR count). The van der Waals surface area contributed by atoms with Gasteiger partial charge >= 0.3 is 0 Å². The van der Waals surface area contributed by atoms with Crippen LogP contribution in [0.5, 0.6) is 0 Å². The quantitative estimate of drug-likeness (QED) is 0.688. The van der Waals surface area contributed by atoms with Gasteiger partial charge in [0.25, 0.3) is 0 Å². The van der Waals surface area contributed by atoms with Crippen LogP contribution in [0.1, 0.15) is 45.4 Å². The van der Waals surface area contributed by atoms with Crippen LogP contribution < -0.4 is 0 Å². The average Bonchev–Trinajstić information content (AvgIpc) is 2.92. The predicted octanol–water partition coefficient (Wildman–Crippen LogP) is 2.45. The van der Waals surface area contributed by atoms with Crippen molar-refractivity contribution in [3.63, 3.8) is 0 Å². The molecule has 0 aromatic carbocycles. The summed E-state index contributed by atoms with van der Waals surface area (Å²) in [7, 11) is 0. The van der Waals surface area contributed by atoms with Gasteiger partial charge in [-0.2, -0.15) is 0 Å². The number of fused-ring (bicyclic) bond motifs is 2. The Morgan fingerprint density at radius 2 is 2.17 bits per heavy atom. The topological polar surface area (TPSA) is 49.7 Å². The van der Waals surface area contributed by atoms with Crippen molar-refractivity contribution >= 4 is 17.3 Å². The SMILES string of the molecule is C[C@]12C[C@]34C(=O)CC=CC3=NC=C3CCC5CCCN1C5C34C2=O. The third-order valence-electron chi connectivity index (χ3n) is 8.11. The molecule has 4 nitrogen and oxygen atoms in total. The molecule has 2 saturated heterocycles. The van der Waals surface area contributed by atoms with Crippen LogP contribution in [0.2, 0.25) is 0 Å². The van der Waals surface area contributed by atoms with E-state index in [4.69, 9.17) is 4.99 Å². The summed E-state index contributed by atoms with van der Waals surface area (Å²) in [6.07, 6.45) is 11.5. The van der Waals surface area contributed by atoms with Gasteiger partial charge in [-0.25, -0.2) is 0 Å². The minimum absolute atomic E-state index is 0.221. The van der Waals surface area contributed by atoms with Crippen molar-refractivity contribution < 1.29 is 9.59 Å². The summed E-state index contributed by atoms with van der Waals surface area (Å²) in [5, 5.41) is 0. The molecule has 24 heavy (non-hydrogen) atoms. The summed E-state index contributed by atoms with van der Waals surface area (Å²) < 4.78 is 0. The Morgan fingerprint density at radius 1 is 1.29 bits per heavy atom. The Hall–Kier alpha value is -1.55. The first kappa shape index (κ1) is 13.7. The fraction of sp³-hybridized carbons (Fsp3) is 0.650. The van der Waals surface area contributed by atoms with E-state index in [9.17, 15) is 9.59 Å². The first-order chi connectivity index (χ1) is 11.6. The molecule has 0 radical (unpaired) electrons.